The predicted molar refractivity (Wildman–Crippen MR) is 77.5 cm³/mol. The van der Waals surface area contributed by atoms with Crippen LogP contribution in [0.15, 0.2) is 12.1 Å². The third-order valence-electron chi connectivity index (χ3n) is 3.69. The van der Waals surface area contributed by atoms with E-state index in [1.54, 1.807) is 12.1 Å². The van der Waals surface area contributed by atoms with Gasteiger partial charge in [0, 0.05) is 25.2 Å². The fourth-order valence-corrected chi connectivity index (χ4v) is 2.43. The van der Waals surface area contributed by atoms with Gasteiger partial charge in [0.15, 0.2) is 11.5 Å². The summed E-state index contributed by atoms with van der Waals surface area (Å²) in [5, 5.41) is 2.80. The Kier molecular flexibility index (Phi) is 3.85. The maximum absolute atomic E-state index is 12.3. The van der Waals surface area contributed by atoms with Crippen molar-refractivity contribution in [3.8, 4) is 11.5 Å². The van der Waals surface area contributed by atoms with Gasteiger partial charge in [0.25, 0.3) is 5.91 Å². The lowest BCUT2D eigenvalue weighted by atomic mass is 10.2. The van der Waals surface area contributed by atoms with Gasteiger partial charge >= 0.3 is 0 Å². The van der Waals surface area contributed by atoms with Crippen molar-refractivity contribution in [1.82, 2.24) is 4.90 Å². The van der Waals surface area contributed by atoms with Crippen molar-refractivity contribution in [2.24, 2.45) is 0 Å². The van der Waals surface area contributed by atoms with Crippen molar-refractivity contribution in [2.75, 3.05) is 44.1 Å². The van der Waals surface area contributed by atoms with E-state index in [0.29, 0.717) is 36.0 Å². The lowest BCUT2D eigenvalue weighted by Crippen LogP contribution is -2.47. The van der Waals surface area contributed by atoms with Gasteiger partial charge in [-0.15, -0.1) is 0 Å². The van der Waals surface area contributed by atoms with Crippen LogP contribution in [0.5, 0.6) is 11.5 Å². The number of benzene rings is 1. The molecule has 1 aromatic rings. The van der Waals surface area contributed by atoms with Crippen molar-refractivity contribution >= 4 is 17.3 Å². The molecule has 114 valence electrons. The maximum Gasteiger partial charge on any atom is 0.254 e. The number of amides is 1. The van der Waals surface area contributed by atoms with E-state index in [-0.39, 0.29) is 12.7 Å². The van der Waals surface area contributed by atoms with E-state index in [0.717, 1.165) is 13.1 Å². The largest absolute Gasteiger partial charge is 0.454 e. The Bertz CT molecular complexity index is 549. The first kappa shape index (κ1) is 14.0. The highest BCUT2D eigenvalue weighted by atomic mass is 16.7. The molecule has 0 radical (unpaired) electrons. The summed E-state index contributed by atoms with van der Waals surface area (Å²) in [6.45, 7) is 5.14. The summed E-state index contributed by atoms with van der Waals surface area (Å²) in [6, 6.07) is 3.33. The number of anilines is 2. The standard InChI is InChI=1S/C14H19N3O4/c1-2-17-3-4-19-13(7-17)14(18)16-10-6-12-11(5-9(10)15)20-8-21-12/h5-6,13H,2-4,7-8,15H2,1H3,(H,16,18). The van der Waals surface area contributed by atoms with E-state index in [2.05, 4.69) is 17.1 Å². The number of hydrogen-bond donors (Lipinski definition) is 2. The summed E-state index contributed by atoms with van der Waals surface area (Å²) in [6.07, 6.45) is -0.483. The van der Waals surface area contributed by atoms with E-state index >= 15 is 0 Å². The molecule has 1 aromatic carbocycles. The van der Waals surface area contributed by atoms with Gasteiger partial charge in [0.2, 0.25) is 6.79 Å². The fraction of sp³-hybridized carbons (Fsp3) is 0.500. The molecule has 0 spiro atoms. The van der Waals surface area contributed by atoms with Crippen LogP contribution in [0.3, 0.4) is 0 Å². The maximum atomic E-state index is 12.3. The van der Waals surface area contributed by atoms with Crippen LogP contribution in [0.4, 0.5) is 11.4 Å². The second-order valence-corrected chi connectivity index (χ2v) is 5.03. The molecular weight excluding hydrogens is 274 g/mol. The third-order valence-corrected chi connectivity index (χ3v) is 3.69. The number of hydrogen-bond acceptors (Lipinski definition) is 6. The molecule has 1 unspecified atom stereocenters. The van der Waals surface area contributed by atoms with Gasteiger partial charge in [-0.1, -0.05) is 6.92 Å². The van der Waals surface area contributed by atoms with Crippen molar-refractivity contribution < 1.29 is 19.0 Å². The Balaban J connectivity index is 1.70. The number of carbonyl (C=O) groups is 1. The van der Waals surface area contributed by atoms with Crippen molar-refractivity contribution in [3.63, 3.8) is 0 Å². The quantitative estimate of drug-likeness (QED) is 0.796. The van der Waals surface area contributed by atoms with Crippen LogP contribution in [-0.2, 0) is 9.53 Å². The molecular formula is C14H19N3O4. The van der Waals surface area contributed by atoms with Crippen LogP contribution in [0.2, 0.25) is 0 Å². The molecule has 0 aromatic heterocycles. The molecule has 2 heterocycles. The summed E-state index contributed by atoms with van der Waals surface area (Å²) >= 11 is 0. The number of nitrogens with one attached hydrogen (secondary N) is 1. The molecule has 7 nitrogen and oxygen atoms in total. The number of likely N-dealkylation sites (N-methyl/N-ethyl adjacent to an activating group) is 1. The monoisotopic (exact) mass is 293 g/mol. The van der Waals surface area contributed by atoms with Crippen LogP contribution >= 0.6 is 0 Å². The van der Waals surface area contributed by atoms with Gasteiger partial charge in [-0.2, -0.15) is 0 Å². The number of nitrogen functional groups attached to an aromatic ring is 1. The molecule has 2 aliphatic heterocycles. The molecule has 21 heavy (non-hydrogen) atoms. The van der Waals surface area contributed by atoms with Crippen molar-refractivity contribution in [3.05, 3.63) is 12.1 Å². The summed E-state index contributed by atoms with van der Waals surface area (Å²) < 4.78 is 16.1. The number of carbonyl (C=O) groups excluding carboxylic acids is 1. The van der Waals surface area contributed by atoms with Gasteiger partial charge in [-0.3, -0.25) is 9.69 Å². The van der Waals surface area contributed by atoms with Gasteiger partial charge in [-0.05, 0) is 6.54 Å². The minimum atomic E-state index is -0.483. The number of fused-ring (bicyclic) bond motifs is 1. The van der Waals surface area contributed by atoms with Gasteiger partial charge in [0.05, 0.1) is 18.0 Å². The number of nitrogens with zero attached hydrogens (tertiary/aromatic N) is 1. The Hall–Kier alpha value is -1.99. The third kappa shape index (κ3) is 2.88. The average Bonchev–Trinajstić information content (AvgIpc) is 2.94. The van der Waals surface area contributed by atoms with Crippen LogP contribution < -0.4 is 20.5 Å². The van der Waals surface area contributed by atoms with E-state index in [9.17, 15) is 4.79 Å². The number of ether oxygens (including phenoxy) is 3. The zero-order chi connectivity index (χ0) is 14.8. The average molecular weight is 293 g/mol. The van der Waals surface area contributed by atoms with Gasteiger partial charge in [0.1, 0.15) is 6.10 Å². The molecule has 0 bridgehead atoms. The molecule has 1 fully saturated rings. The molecule has 1 amide bonds. The van der Waals surface area contributed by atoms with E-state index in [4.69, 9.17) is 19.9 Å². The number of morpholine rings is 1. The zero-order valence-electron chi connectivity index (χ0n) is 11.9. The highest BCUT2D eigenvalue weighted by molar-refractivity contribution is 5.97. The lowest BCUT2D eigenvalue weighted by molar-refractivity contribution is -0.132. The Morgan fingerprint density at radius 3 is 2.95 bits per heavy atom. The normalized spacial score (nSPS) is 21.3. The lowest BCUT2D eigenvalue weighted by Gasteiger charge is -2.31. The molecule has 1 atom stereocenters. The second-order valence-electron chi connectivity index (χ2n) is 5.03. The zero-order valence-corrected chi connectivity index (χ0v) is 11.9. The molecule has 2 aliphatic rings. The summed E-state index contributed by atoms with van der Waals surface area (Å²) in [5.74, 6) is 0.981. The predicted octanol–water partition coefficient (Wildman–Crippen LogP) is 0.657. The Morgan fingerprint density at radius 2 is 2.19 bits per heavy atom. The first-order valence-corrected chi connectivity index (χ1v) is 7.01. The molecule has 7 heteroatoms. The highest BCUT2D eigenvalue weighted by Crippen LogP contribution is 2.38. The molecule has 0 saturated carbocycles. The minimum Gasteiger partial charge on any atom is -0.454 e. The summed E-state index contributed by atoms with van der Waals surface area (Å²) in [7, 11) is 0. The first-order chi connectivity index (χ1) is 10.2. The topological polar surface area (TPSA) is 86.1 Å². The van der Waals surface area contributed by atoms with Crippen molar-refractivity contribution in [1.29, 1.82) is 0 Å². The summed E-state index contributed by atoms with van der Waals surface area (Å²) in [4.78, 5) is 14.5. The molecule has 3 N–H and O–H groups in total. The number of rotatable bonds is 3. The first-order valence-electron chi connectivity index (χ1n) is 7.01. The molecule has 3 rings (SSSR count). The second kappa shape index (κ2) is 5.79. The number of nitrogens with two attached hydrogens (primary N) is 1. The van der Waals surface area contributed by atoms with E-state index < -0.39 is 6.10 Å². The molecule has 0 aliphatic carbocycles. The van der Waals surface area contributed by atoms with Gasteiger partial charge < -0.3 is 25.3 Å². The van der Waals surface area contributed by atoms with Crippen LogP contribution in [0, 0.1) is 0 Å². The minimum absolute atomic E-state index is 0.170. The highest BCUT2D eigenvalue weighted by Gasteiger charge is 2.27. The van der Waals surface area contributed by atoms with E-state index in [1.165, 1.54) is 0 Å². The van der Waals surface area contributed by atoms with Crippen LogP contribution in [-0.4, -0.2) is 49.9 Å². The Labute approximate surface area is 122 Å². The SMILES string of the molecule is CCN1CCOC(C(=O)Nc2cc3c(cc2N)OCO3)C1. The fourth-order valence-electron chi connectivity index (χ4n) is 2.43. The smallest absolute Gasteiger partial charge is 0.254 e. The van der Waals surface area contributed by atoms with Crippen LogP contribution in [0.1, 0.15) is 6.92 Å². The molecule has 1 saturated heterocycles. The van der Waals surface area contributed by atoms with Crippen LogP contribution in [0.25, 0.3) is 0 Å². The van der Waals surface area contributed by atoms with Crippen molar-refractivity contribution in [2.45, 2.75) is 13.0 Å². The van der Waals surface area contributed by atoms with E-state index in [1.807, 2.05) is 0 Å². The Morgan fingerprint density at radius 1 is 1.43 bits per heavy atom. The summed E-state index contributed by atoms with van der Waals surface area (Å²) in [5.41, 5.74) is 6.88. The van der Waals surface area contributed by atoms with Gasteiger partial charge in [-0.25, -0.2) is 0 Å².